The number of fused-ring (bicyclic) bond motifs is 5. The number of imide groups is 1. The summed E-state index contributed by atoms with van der Waals surface area (Å²) in [5.74, 6) is -1.87. The molecular formula is C17H13BrClNO5. The second kappa shape index (κ2) is 5.37. The average Bonchev–Trinajstić information content (AvgIpc) is 3.33. The zero-order valence-corrected chi connectivity index (χ0v) is 15.2. The highest BCUT2D eigenvalue weighted by atomic mass is 79.9. The number of carbonyl (C=O) groups excluding carboxylic acids is 2. The van der Waals surface area contributed by atoms with Crippen molar-refractivity contribution in [2.45, 2.75) is 18.0 Å². The van der Waals surface area contributed by atoms with E-state index in [0.29, 0.717) is 23.9 Å². The van der Waals surface area contributed by atoms with E-state index in [4.69, 9.17) is 25.8 Å². The molecule has 0 spiro atoms. The molecule has 8 heteroatoms. The van der Waals surface area contributed by atoms with Crippen LogP contribution < -0.4 is 4.90 Å². The Morgan fingerprint density at radius 3 is 2.68 bits per heavy atom. The number of benzene rings is 1. The highest BCUT2D eigenvalue weighted by Gasteiger charge is 2.71. The average molecular weight is 427 g/mol. The molecule has 4 aliphatic rings. The summed E-state index contributed by atoms with van der Waals surface area (Å²) < 4.78 is 18.0. The van der Waals surface area contributed by atoms with Gasteiger partial charge in [0.05, 0.1) is 41.9 Å². The van der Waals surface area contributed by atoms with E-state index < -0.39 is 29.8 Å². The molecule has 0 N–H and O–H groups in total. The molecule has 4 aliphatic heterocycles. The summed E-state index contributed by atoms with van der Waals surface area (Å²) in [6.07, 6.45) is 2.51. The Kier molecular flexibility index (Phi) is 3.43. The van der Waals surface area contributed by atoms with Crippen molar-refractivity contribution in [3.63, 3.8) is 0 Å². The maximum Gasteiger partial charge on any atom is 0.241 e. The highest BCUT2D eigenvalue weighted by molar-refractivity contribution is 9.10. The van der Waals surface area contributed by atoms with E-state index in [9.17, 15) is 9.59 Å². The number of halogens is 2. The van der Waals surface area contributed by atoms with Crippen molar-refractivity contribution >= 4 is 45.0 Å². The van der Waals surface area contributed by atoms with Gasteiger partial charge < -0.3 is 14.2 Å². The van der Waals surface area contributed by atoms with E-state index >= 15 is 0 Å². The Bertz CT molecular complexity index is 823. The number of hydrogen-bond donors (Lipinski definition) is 0. The van der Waals surface area contributed by atoms with Crippen molar-refractivity contribution in [3.8, 4) is 0 Å². The number of amides is 2. The van der Waals surface area contributed by atoms with Gasteiger partial charge in [-0.05, 0) is 24.3 Å². The predicted octanol–water partition coefficient (Wildman–Crippen LogP) is 2.29. The van der Waals surface area contributed by atoms with Gasteiger partial charge in [-0.3, -0.25) is 9.59 Å². The summed E-state index contributed by atoms with van der Waals surface area (Å²) in [7, 11) is 0. The molecule has 2 bridgehead atoms. The molecule has 130 valence electrons. The molecule has 4 heterocycles. The molecule has 3 saturated heterocycles. The largest absolute Gasteiger partial charge is 0.357 e. The van der Waals surface area contributed by atoms with Crippen LogP contribution in [0.4, 0.5) is 5.69 Å². The topological polar surface area (TPSA) is 65.1 Å². The molecular weight excluding hydrogens is 414 g/mol. The maximum absolute atomic E-state index is 13.2. The SMILES string of the molecule is O=C1[C@H]2[C@H]3C=C[C@@](C4OCCO4)(O3)[C@H]2C(=O)N1c1ccc(Br)cc1Cl. The van der Waals surface area contributed by atoms with Crippen LogP contribution in [0.5, 0.6) is 0 Å². The van der Waals surface area contributed by atoms with Gasteiger partial charge in [0.1, 0.15) is 0 Å². The normalized spacial score (nSPS) is 36.7. The quantitative estimate of drug-likeness (QED) is 0.536. The first kappa shape index (κ1) is 16.0. The van der Waals surface area contributed by atoms with Crippen molar-refractivity contribution in [2.75, 3.05) is 18.1 Å². The lowest BCUT2D eigenvalue weighted by Crippen LogP contribution is -2.49. The monoisotopic (exact) mass is 425 g/mol. The number of ether oxygens (including phenoxy) is 3. The lowest BCUT2D eigenvalue weighted by molar-refractivity contribution is -0.180. The van der Waals surface area contributed by atoms with Crippen molar-refractivity contribution in [2.24, 2.45) is 11.8 Å². The van der Waals surface area contributed by atoms with Gasteiger partial charge in [0, 0.05) is 4.47 Å². The van der Waals surface area contributed by atoms with Gasteiger partial charge in [-0.25, -0.2) is 4.90 Å². The predicted molar refractivity (Wildman–Crippen MR) is 91.1 cm³/mol. The third kappa shape index (κ3) is 2.01. The van der Waals surface area contributed by atoms with Crippen LogP contribution in [-0.2, 0) is 23.8 Å². The Balaban J connectivity index is 1.58. The summed E-state index contributed by atoms with van der Waals surface area (Å²) in [5.41, 5.74) is -0.660. The maximum atomic E-state index is 13.2. The molecule has 0 unspecified atom stereocenters. The number of nitrogens with zero attached hydrogens (tertiary/aromatic N) is 1. The molecule has 4 atom stereocenters. The van der Waals surface area contributed by atoms with Crippen molar-refractivity contribution in [1.82, 2.24) is 0 Å². The first-order chi connectivity index (χ1) is 12.0. The van der Waals surface area contributed by atoms with Crippen LogP contribution in [0.15, 0.2) is 34.8 Å². The third-order valence-electron chi connectivity index (χ3n) is 5.22. The second-order valence-corrected chi connectivity index (χ2v) is 7.80. The van der Waals surface area contributed by atoms with E-state index in [1.807, 2.05) is 12.2 Å². The summed E-state index contributed by atoms with van der Waals surface area (Å²) in [6, 6.07) is 5.07. The van der Waals surface area contributed by atoms with Crippen LogP contribution in [0.2, 0.25) is 5.02 Å². The van der Waals surface area contributed by atoms with Gasteiger partial charge in [-0.1, -0.05) is 33.6 Å². The van der Waals surface area contributed by atoms with Crippen LogP contribution in [0.1, 0.15) is 0 Å². The number of rotatable bonds is 2. The molecule has 0 aliphatic carbocycles. The zero-order chi connectivity index (χ0) is 17.3. The van der Waals surface area contributed by atoms with Gasteiger partial charge in [0.2, 0.25) is 11.8 Å². The first-order valence-electron chi connectivity index (χ1n) is 7.96. The fraction of sp³-hybridized carbons (Fsp3) is 0.412. The smallest absolute Gasteiger partial charge is 0.241 e. The zero-order valence-electron chi connectivity index (χ0n) is 12.9. The fourth-order valence-corrected chi connectivity index (χ4v) is 4.98. The first-order valence-corrected chi connectivity index (χ1v) is 9.13. The molecule has 2 amide bonds. The van der Waals surface area contributed by atoms with Gasteiger partial charge >= 0.3 is 0 Å². The summed E-state index contributed by atoms with van der Waals surface area (Å²) in [5, 5.41) is 0.333. The molecule has 1 aromatic carbocycles. The fourth-order valence-electron chi connectivity index (χ4n) is 4.23. The minimum absolute atomic E-state index is 0.298. The van der Waals surface area contributed by atoms with E-state index in [0.717, 1.165) is 4.47 Å². The summed E-state index contributed by atoms with van der Waals surface area (Å²) >= 11 is 9.60. The molecule has 6 nitrogen and oxygen atoms in total. The number of anilines is 1. The highest BCUT2D eigenvalue weighted by Crippen LogP contribution is 2.55. The molecule has 0 saturated carbocycles. The van der Waals surface area contributed by atoms with Crippen molar-refractivity contribution in [1.29, 1.82) is 0 Å². The Morgan fingerprint density at radius 2 is 1.96 bits per heavy atom. The number of hydrogen-bond acceptors (Lipinski definition) is 5. The Hall–Kier alpha value is -1.25. The summed E-state index contributed by atoms with van der Waals surface area (Å²) in [4.78, 5) is 27.4. The van der Waals surface area contributed by atoms with Crippen molar-refractivity contribution in [3.05, 3.63) is 39.8 Å². The minimum atomic E-state index is -1.05. The molecule has 3 fully saturated rings. The van der Waals surface area contributed by atoms with Gasteiger partial charge in [-0.15, -0.1) is 0 Å². The Labute approximate surface area is 156 Å². The van der Waals surface area contributed by atoms with Crippen LogP contribution in [-0.4, -0.2) is 43.0 Å². The van der Waals surface area contributed by atoms with Gasteiger partial charge in [0.25, 0.3) is 0 Å². The van der Waals surface area contributed by atoms with E-state index in [1.165, 1.54) is 4.90 Å². The van der Waals surface area contributed by atoms with E-state index in [1.54, 1.807) is 18.2 Å². The Morgan fingerprint density at radius 1 is 1.20 bits per heavy atom. The minimum Gasteiger partial charge on any atom is -0.357 e. The number of carbonyl (C=O) groups is 2. The van der Waals surface area contributed by atoms with Crippen molar-refractivity contribution < 1.29 is 23.8 Å². The molecule has 0 aromatic heterocycles. The standard InChI is InChI=1S/C17H13BrClNO5/c18-8-1-2-10(9(19)7-8)20-14(21)12-11-3-4-17(25-11,13(12)15(20)22)16-23-5-6-24-16/h1-4,7,11-13,16H,5-6H2/t11-,12+,13-,17-/m1/s1. The van der Waals surface area contributed by atoms with E-state index in [2.05, 4.69) is 15.9 Å². The van der Waals surface area contributed by atoms with Crippen LogP contribution in [0.25, 0.3) is 0 Å². The molecule has 5 rings (SSSR count). The van der Waals surface area contributed by atoms with Gasteiger partial charge in [-0.2, -0.15) is 0 Å². The lowest BCUT2D eigenvalue weighted by atomic mass is 9.76. The summed E-state index contributed by atoms with van der Waals surface area (Å²) in [6.45, 7) is 0.881. The second-order valence-electron chi connectivity index (χ2n) is 6.48. The third-order valence-corrected chi connectivity index (χ3v) is 6.01. The molecule has 25 heavy (non-hydrogen) atoms. The van der Waals surface area contributed by atoms with E-state index in [-0.39, 0.29) is 11.8 Å². The van der Waals surface area contributed by atoms with Crippen LogP contribution in [0, 0.1) is 11.8 Å². The van der Waals surface area contributed by atoms with Gasteiger partial charge in [0.15, 0.2) is 11.9 Å². The van der Waals surface area contributed by atoms with Crippen LogP contribution in [0.3, 0.4) is 0 Å². The molecule has 0 radical (unpaired) electrons. The van der Waals surface area contributed by atoms with Crippen LogP contribution >= 0.6 is 27.5 Å². The molecule has 1 aromatic rings. The lowest BCUT2D eigenvalue weighted by Gasteiger charge is -2.32.